The molecule has 1 atom stereocenters. The highest BCUT2D eigenvalue weighted by Gasteiger charge is 2.32. The largest absolute Gasteiger partial charge is 0.442 e. The highest BCUT2D eigenvalue weighted by atomic mass is 32.1. The van der Waals surface area contributed by atoms with E-state index in [0.717, 1.165) is 16.4 Å². The van der Waals surface area contributed by atoms with E-state index in [1.807, 2.05) is 44.2 Å². The molecule has 0 unspecified atom stereocenters. The summed E-state index contributed by atoms with van der Waals surface area (Å²) in [4.78, 5) is 30.4. The maximum absolute atomic E-state index is 12.3. The van der Waals surface area contributed by atoms with E-state index in [2.05, 4.69) is 10.2 Å². The van der Waals surface area contributed by atoms with Crippen molar-refractivity contribution in [2.24, 2.45) is 5.92 Å². The Hall–Kier alpha value is -2.86. The van der Waals surface area contributed by atoms with Gasteiger partial charge in [0.1, 0.15) is 12.5 Å². The van der Waals surface area contributed by atoms with Crippen LogP contribution in [0.4, 0.5) is 16.2 Å². The standard InChI is InChI=1S/C21H27N5O3S/c1-15(2)20(30)23-13-18-14-26(21(28)29-18)17-5-3-16(4-6-17)24-9-11-25(12-10-24)19(27)7-8-22/h3-6,15,18H,7,9-14H2,1-2H3,(H,23,30)/t18-/m0/s1. The average molecular weight is 430 g/mol. The quantitative estimate of drug-likeness (QED) is 0.693. The third-order valence-electron chi connectivity index (χ3n) is 5.29. The third kappa shape index (κ3) is 5.19. The number of hydrogen-bond acceptors (Lipinski definition) is 6. The van der Waals surface area contributed by atoms with Crippen LogP contribution >= 0.6 is 12.2 Å². The minimum absolute atomic E-state index is 0.0690. The number of rotatable bonds is 6. The van der Waals surface area contributed by atoms with E-state index in [9.17, 15) is 9.59 Å². The number of cyclic esters (lactones) is 1. The molecule has 0 aromatic heterocycles. The third-order valence-corrected chi connectivity index (χ3v) is 5.91. The van der Waals surface area contributed by atoms with Crippen molar-refractivity contribution < 1.29 is 14.3 Å². The molecule has 3 rings (SSSR count). The molecule has 0 spiro atoms. The molecular formula is C21H27N5O3S. The number of piperazine rings is 1. The molecule has 0 aliphatic carbocycles. The van der Waals surface area contributed by atoms with Gasteiger partial charge in [0.15, 0.2) is 0 Å². The van der Waals surface area contributed by atoms with Gasteiger partial charge in [0.25, 0.3) is 0 Å². The molecule has 2 aliphatic rings. The van der Waals surface area contributed by atoms with E-state index >= 15 is 0 Å². The van der Waals surface area contributed by atoms with Crippen molar-refractivity contribution in [3.63, 3.8) is 0 Å². The van der Waals surface area contributed by atoms with Gasteiger partial charge < -0.3 is 19.9 Å². The molecule has 30 heavy (non-hydrogen) atoms. The maximum Gasteiger partial charge on any atom is 0.414 e. The van der Waals surface area contributed by atoms with Crippen molar-refractivity contribution in [2.45, 2.75) is 26.4 Å². The molecule has 2 aliphatic heterocycles. The van der Waals surface area contributed by atoms with Crippen LogP contribution in [-0.4, -0.2) is 67.3 Å². The van der Waals surface area contributed by atoms with Gasteiger partial charge in [0, 0.05) is 43.5 Å². The van der Waals surface area contributed by atoms with Crippen molar-refractivity contribution in [3.8, 4) is 6.07 Å². The van der Waals surface area contributed by atoms with Crippen LogP contribution in [0.15, 0.2) is 24.3 Å². The molecule has 0 bridgehead atoms. The number of thiocarbonyl (C=S) groups is 1. The summed E-state index contributed by atoms with van der Waals surface area (Å²) in [5.74, 6) is 0.144. The van der Waals surface area contributed by atoms with E-state index in [1.165, 1.54) is 0 Å². The second kappa shape index (κ2) is 9.76. The van der Waals surface area contributed by atoms with Gasteiger partial charge in [-0.15, -0.1) is 0 Å². The SMILES string of the molecule is CC(C)C(=S)NC[C@H]1CN(c2ccc(N3CCN(C(=O)CC#N)CC3)cc2)C(=O)O1. The van der Waals surface area contributed by atoms with Crippen molar-refractivity contribution >= 4 is 40.6 Å². The number of hydrogen-bond donors (Lipinski definition) is 1. The summed E-state index contributed by atoms with van der Waals surface area (Å²) in [6.07, 6.45) is -0.664. The minimum atomic E-state index is -0.352. The second-order valence-corrected chi connectivity index (χ2v) is 8.18. The van der Waals surface area contributed by atoms with Crippen molar-refractivity contribution in [1.82, 2.24) is 10.2 Å². The van der Waals surface area contributed by atoms with Crippen molar-refractivity contribution in [3.05, 3.63) is 24.3 Å². The van der Waals surface area contributed by atoms with Crippen LogP contribution in [0, 0.1) is 17.2 Å². The molecule has 0 radical (unpaired) electrons. The lowest BCUT2D eigenvalue weighted by atomic mass is 10.2. The topological polar surface area (TPSA) is 88.9 Å². The number of carbonyl (C=O) groups excluding carboxylic acids is 2. The summed E-state index contributed by atoms with van der Waals surface area (Å²) in [7, 11) is 0. The second-order valence-electron chi connectivity index (χ2n) is 7.74. The molecule has 1 N–H and O–H groups in total. The van der Waals surface area contributed by atoms with Crippen LogP contribution in [0.3, 0.4) is 0 Å². The van der Waals surface area contributed by atoms with E-state index in [1.54, 1.807) is 9.80 Å². The number of nitrogens with zero attached hydrogens (tertiary/aromatic N) is 4. The van der Waals surface area contributed by atoms with Gasteiger partial charge in [0.05, 0.1) is 24.1 Å². The Bertz CT molecular complexity index is 828. The average Bonchev–Trinajstić information content (AvgIpc) is 3.13. The molecule has 1 aromatic rings. The number of anilines is 2. The minimum Gasteiger partial charge on any atom is -0.442 e. The van der Waals surface area contributed by atoms with E-state index in [4.69, 9.17) is 22.2 Å². The fraction of sp³-hybridized carbons (Fsp3) is 0.524. The fourth-order valence-electron chi connectivity index (χ4n) is 3.49. The van der Waals surface area contributed by atoms with Gasteiger partial charge in [0.2, 0.25) is 5.91 Å². The Kier molecular flexibility index (Phi) is 7.11. The monoisotopic (exact) mass is 429 g/mol. The lowest BCUT2D eigenvalue weighted by Gasteiger charge is -2.36. The number of carbonyl (C=O) groups is 2. The molecule has 9 heteroatoms. The molecule has 8 nitrogen and oxygen atoms in total. The van der Waals surface area contributed by atoms with E-state index in [0.29, 0.717) is 39.3 Å². The highest BCUT2D eigenvalue weighted by molar-refractivity contribution is 7.80. The zero-order valence-electron chi connectivity index (χ0n) is 17.3. The molecule has 0 saturated carbocycles. The normalized spacial score (nSPS) is 18.9. The van der Waals surface area contributed by atoms with Crippen LogP contribution in [-0.2, 0) is 9.53 Å². The molecule has 2 amide bonds. The Morgan fingerprint density at radius 2 is 1.87 bits per heavy atom. The summed E-state index contributed by atoms with van der Waals surface area (Å²) in [6, 6.07) is 9.70. The van der Waals surface area contributed by atoms with Gasteiger partial charge in [-0.3, -0.25) is 9.69 Å². The Morgan fingerprint density at radius 3 is 2.47 bits per heavy atom. The summed E-state index contributed by atoms with van der Waals surface area (Å²) < 4.78 is 5.45. The molecule has 2 saturated heterocycles. The number of benzene rings is 1. The van der Waals surface area contributed by atoms with Crippen LogP contribution in [0.25, 0.3) is 0 Å². The summed E-state index contributed by atoms with van der Waals surface area (Å²) in [6.45, 7) is 7.67. The Morgan fingerprint density at radius 1 is 1.23 bits per heavy atom. The highest BCUT2D eigenvalue weighted by Crippen LogP contribution is 2.25. The number of ether oxygens (including phenoxy) is 1. The summed E-state index contributed by atoms with van der Waals surface area (Å²) in [5, 5.41) is 11.8. The molecule has 2 fully saturated rings. The zero-order valence-corrected chi connectivity index (χ0v) is 18.2. The first-order valence-electron chi connectivity index (χ1n) is 10.1. The predicted molar refractivity (Wildman–Crippen MR) is 119 cm³/mol. The molecule has 1 aromatic carbocycles. The van der Waals surface area contributed by atoms with E-state index in [-0.39, 0.29) is 30.4 Å². The molecule has 160 valence electrons. The van der Waals surface area contributed by atoms with Crippen LogP contribution in [0.2, 0.25) is 0 Å². The first-order valence-corrected chi connectivity index (χ1v) is 10.6. The smallest absolute Gasteiger partial charge is 0.414 e. The Labute approximate surface area is 182 Å². The first-order chi connectivity index (χ1) is 14.4. The van der Waals surface area contributed by atoms with Crippen LogP contribution in [0.5, 0.6) is 0 Å². The molecule has 2 heterocycles. The lowest BCUT2D eigenvalue weighted by molar-refractivity contribution is -0.130. The first kappa shape index (κ1) is 21.8. The molecular weight excluding hydrogens is 402 g/mol. The van der Waals surface area contributed by atoms with Crippen LogP contribution in [0.1, 0.15) is 20.3 Å². The van der Waals surface area contributed by atoms with Crippen LogP contribution < -0.4 is 15.1 Å². The van der Waals surface area contributed by atoms with E-state index < -0.39 is 0 Å². The summed E-state index contributed by atoms with van der Waals surface area (Å²) >= 11 is 5.27. The van der Waals surface area contributed by atoms with Crippen molar-refractivity contribution in [2.75, 3.05) is 49.1 Å². The summed E-state index contributed by atoms with van der Waals surface area (Å²) in [5.41, 5.74) is 1.83. The number of amides is 2. The lowest BCUT2D eigenvalue weighted by Crippen LogP contribution is -2.48. The number of nitriles is 1. The van der Waals surface area contributed by atoms with Gasteiger partial charge >= 0.3 is 6.09 Å². The fourth-order valence-corrected chi connectivity index (χ4v) is 3.58. The van der Waals surface area contributed by atoms with Gasteiger partial charge in [-0.2, -0.15) is 5.26 Å². The van der Waals surface area contributed by atoms with Gasteiger partial charge in [-0.05, 0) is 24.3 Å². The van der Waals surface area contributed by atoms with Crippen molar-refractivity contribution in [1.29, 1.82) is 5.26 Å². The van der Waals surface area contributed by atoms with Gasteiger partial charge in [-0.25, -0.2) is 4.79 Å². The number of nitrogens with one attached hydrogen (secondary N) is 1. The predicted octanol–water partition coefficient (Wildman–Crippen LogP) is 2.15. The Balaban J connectivity index is 1.53. The zero-order chi connectivity index (χ0) is 21.7. The van der Waals surface area contributed by atoms with Gasteiger partial charge in [-0.1, -0.05) is 26.1 Å². The maximum atomic E-state index is 12.3.